The third-order valence-electron chi connectivity index (χ3n) is 4.40. The van der Waals surface area contributed by atoms with E-state index in [1.54, 1.807) is 0 Å². The predicted octanol–water partition coefficient (Wildman–Crippen LogP) is 3.74. The van der Waals surface area contributed by atoms with Gasteiger partial charge in [-0.25, -0.2) is 0 Å². The maximum atomic E-state index is 3.69. The number of hydrogen-bond donors (Lipinski definition) is 1. The minimum atomic E-state index is 0.193. The summed E-state index contributed by atoms with van der Waals surface area (Å²) in [6.07, 6.45) is 2.51. The largest absolute Gasteiger partial charge is 0.311 e. The van der Waals surface area contributed by atoms with Gasteiger partial charge in [-0.15, -0.1) is 0 Å². The molecule has 94 valence electrons. The Bertz CT molecular complexity index is 366. The third-order valence-corrected chi connectivity index (χ3v) is 4.40. The lowest BCUT2D eigenvalue weighted by Gasteiger charge is -2.43. The fourth-order valence-corrected chi connectivity index (χ4v) is 3.50. The van der Waals surface area contributed by atoms with Crippen molar-refractivity contribution in [2.24, 2.45) is 5.92 Å². The fraction of sp³-hybridized carbons (Fsp3) is 0.625. The lowest BCUT2D eigenvalue weighted by molar-refractivity contribution is 0.228. The molecule has 1 atom stereocenters. The van der Waals surface area contributed by atoms with E-state index in [9.17, 15) is 0 Å². The van der Waals surface area contributed by atoms with Crippen molar-refractivity contribution in [2.45, 2.75) is 51.5 Å². The van der Waals surface area contributed by atoms with Crippen molar-refractivity contribution in [1.29, 1.82) is 0 Å². The first-order valence-corrected chi connectivity index (χ1v) is 6.78. The second kappa shape index (κ2) is 4.45. The monoisotopic (exact) mass is 231 g/mol. The van der Waals surface area contributed by atoms with Crippen LogP contribution < -0.4 is 5.32 Å². The molecule has 0 spiro atoms. The third kappa shape index (κ3) is 2.13. The van der Waals surface area contributed by atoms with E-state index in [-0.39, 0.29) is 5.54 Å². The smallest absolute Gasteiger partial charge is 0.0222 e. The Morgan fingerprint density at radius 3 is 2.29 bits per heavy atom. The highest BCUT2D eigenvalue weighted by Gasteiger charge is 2.49. The summed E-state index contributed by atoms with van der Waals surface area (Å²) in [5, 5.41) is 3.69. The molecule has 1 fully saturated rings. The van der Waals surface area contributed by atoms with E-state index in [0.29, 0.717) is 5.41 Å². The van der Waals surface area contributed by atoms with Crippen molar-refractivity contribution >= 4 is 0 Å². The first kappa shape index (κ1) is 12.6. The lowest BCUT2D eigenvalue weighted by atomic mass is 9.63. The van der Waals surface area contributed by atoms with Crippen LogP contribution in [-0.4, -0.2) is 12.1 Å². The van der Waals surface area contributed by atoms with Crippen LogP contribution in [-0.2, 0) is 5.41 Å². The number of benzene rings is 1. The van der Waals surface area contributed by atoms with Crippen LogP contribution in [0.1, 0.15) is 46.1 Å². The van der Waals surface area contributed by atoms with E-state index in [0.717, 1.165) is 12.5 Å². The topological polar surface area (TPSA) is 12.0 Å². The van der Waals surface area contributed by atoms with Crippen LogP contribution in [0, 0.1) is 5.92 Å². The van der Waals surface area contributed by atoms with Gasteiger partial charge in [-0.2, -0.15) is 0 Å². The standard InChI is InChI=1S/C16H25N/c1-13(2)12-16(10-11-17-15(16,3)4)14-8-6-5-7-9-14/h5-9,13,17H,10-12H2,1-4H3. The SMILES string of the molecule is CC(C)CC1(c2ccccc2)CCNC1(C)C. The van der Waals surface area contributed by atoms with Crippen molar-refractivity contribution in [2.75, 3.05) is 6.54 Å². The first-order chi connectivity index (χ1) is 7.98. The Morgan fingerprint density at radius 2 is 1.82 bits per heavy atom. The molecule has 1 N–H and O–H groups in total. The van der Waals surface area contributed by atoms with Crippen LogP contribution in [0.5, 0.6) is 0 Å². The Balaban J connectivity index is 2.44. The van der Waals surface area contributed by atoms with Gasteiger partial charge in [0, 0.05) is 11.0 Å². The van der Waals surface area contributed by atoms with Crippen molar-refractivity contribution in [1.82, 2.24) is 5.32 Å². The molecule has 2 rings (SSSR count). The van der Waals surface area contributed by atoms with Crippen molar-refractivity contribution in [3.05, 3.63) is 35.9 Å². The zero-order valence-electron chi connectivity index (χ0n) is 11.6. The average Bonchev–Trinajstić information content (AvgIpc) is 2.56. The fourth-order valence-electron chi connectivity index (χ4n) is 3.50. The maximum Gasteiger partial charge on any atom is 0.0222 e. The Hall–Kier alpha value is -0.820. The number of rotatable bonds is 3. The minimum Gasteiger partial charge on any atom is -0.311 e. The normalized spacial score (nSPS) is 27.6. The molecule has 1 saturated heterocycles. The van der Waals surface area contributed by atoms with Crippen LogP contribution in [0.3, 0.4) is 0 Å². The van der Waals surface area contributed by atoms with Gasteiger partial charge in [0.15, 0.2) is 0 Å². The highest BCUT2D eigenvalue weighted by molar-refractivity contribution is 5.32. The van der Waals surface area contributed by atoms with E-state index in [4.69, 9.17) is 0 Å². The summed E-state index contributed by atoms with van der Waals surface area (Å²) >= 11 is 0. The van der Waals surface area contributed by atoms with Gasteiger partial charge < -0.3 is 5.32 Å². The number of hydrogen-bond acceptors (Lipinski definition) is 1. The van der Waals surface area contributed by atoms with Gasteiger partial charge in [-0.1, -0.05) is 44.2 Å². The molecule has 1 unspecified atom stereocenters. The lowest BCUT2D eigenvalue weighted by Crippen LogP contribution is -2.50. The summed E-state index contributed by atoms with van der Waals surface area (Å²) in [5.41, 5.74) is 1.99. The molecule has 1 nitrogen and oxygen atoms in total. The summed E-state index contributed by atoms with van der Waals surface area (Å²) in [7, 11) is 0. The Labute approximate surface area is 106 Å². The van der Waals surface area contributed by atoms with E-state index < -0.39 is 0 Å². The molecule has 1 aromatic carbocycles. The molecule has 1 aromatic rings. The Morgan fingerprint density at radius 1 is 1.18 bits per heavy atom. The molecule has 0 aromatic heterocycles. The zero-order chi connectivity index (χ0) is 12.5. The van der Waals surface area contributed by atoms with Gasteiger partial charge in [-0.05, 0) is 44.7 Å². The molecule has 1 aliphatic heterocycles. The summed E-state index contributed by atoms with van der Waals surface area (Å²) in [6, 6.07) is 11.1. The van der Waals surface area contributed by atoms with Crippen LogP contribution in [0.2, 0.25) is 0 Å². The first-order valence-electron chi connectivity index (χ1n) is 6.78. The molecule has 1 heterocycles. The van der Waals surface area contributed by atoms with Gasteiger partial charge in [0.2, 0.25) is 0 Å². The second-order valence-electron chi connectivity index (χ2n) is 6.35. The molecule has 0 bridgehead atoms. The van der Waals surface area contributed by atoms with Crippen LogP contribution in [0.25, 0.3) is 0 Å². The molecule has 0 aliphatic carbocycles. The molecular weight excluding hydrogens is 206 g/mol. The van der Waals surface area contributed by atoms with E-state index in [1.165, 1.54) is 18.4 Å². The molecule has 0 saturated carbocycles. The van der Waals surface area contributed by atoms with E-state index in [2.05, 4.69) is 63.3 Å². The molecule has 0 radical (unpaired) electrons. The van der Waals surface area contributed by atoms with Crippen molar-refractivity contribution < 1.29 is 0 Å². The van der Waals surface area contributed by atoms with Gasteiger partial charge in [0.05, 0.1) is 0 Å². The summed E-state index contributed by atoms with van der Waals surface area (Å²) in [5.74, 6) is 0.731. The highest BCUT2D eigenvalue weighted by Crippen LogP contribution is 2.46. The molecule has 0 amide bonds. The molecule has 1 heteroatoms. The average molecular weight is 231 g/mol. The molecule has 17 heavy (non-hydrogen) atoms. The minimum absolute atomic E-state index is 0.193. The Kier molecular flexibility index (Phi) is 3.31. The van der Waals surface area contributed by atoms with E-state index >= 15 is 0 Å². The summed E-state index contributed by atoms with van der Waals surface area (Å²) in [4.78, 5) is 0. The second-order valence-corrected chi connectivity index (χ2v) is 6.35. The van der Waals surface area contributed by atoms with Crippen LogP contribution in [0.15, 0.2) is 30.3 Å². The number of nitrogens with one attached hydrogen (secondary N) is 1. The quantitative estimate of drug-likeness (QED) is 0.835. The summed E-state index contributed by atoms with van der Waals surface area (Å²) < 4.78 is 0. The van der Waals surface area contributed by atoms with Gasteiger partial charge in [0.1, 0.15) is 0 Å². The van der Waals surface area contributed by atoms with Gasteiger partial charge in [0.25, 0.3) is 0 Å². The van der Waals surface area contributed by atoms with E-state index in [1.807, 2.05) is 0 Å². The van der Waals surface area contributed by atoms with Crippen molar-refractivity contribution in [3.63, 3.8) is 0 Å². The molecule has 1 aliphatic rings. The summed E-state index contributed by atoms with van der Waals surface area (Å²) in [6.45, 7) is 10.5. The van der Waals surface area contributed by atoms with Gasteiger partial charge >= 0.3 is 0 Å². The van der Waals surface area contributed by atoms with Gasteiger partial charge in [-0.3, -0.25) is 0 Å². The van der Waals surface area contributed by atoms with Crippen molar-refractivity contribution in [3.8, 4) is 0 Å². The highest BCUT2D eigenvalue weighted by atomic mass is 15.0. The predicted molar refractivity (Wildman–Crippen MR) is 74.3 cm³/mol. The zero-order valence-corrected chi connectivity index (χ0v) is 11.6. The molecular formula is C16H25N. The van der Waals surface area contributed by atoms with Crippen LogP contribution >= 0.6 is 0 Å². The maximum absolute atomic E-state index is 3.69. The van der Waals surface area contributed by atoms with Crippen LogP contribution in [0.4, 0.5) is 0 Å².